The third kappa shape index (κ3) is 2.15. The number of carboxylic acids is 1. The van der Waals surface area contributed by atoms with E-state index in [0.29, 0.717) is 23.9 Å². The highest BCUT2D eigenvalue weighted by Crippen LogP contribution is 2.34. The van der Waals surface area contributed by atoms with Crippen molar-refractivity contribution in [2.24, 2.45) is 0 Å². The smallest absolute Gasteiger partial charge is 0.335 e. The van der Waals surface area contributed by atoms with E-state index < -0.39 is 17.1 Å². The summed E-state index contributed by atoms with van der Waals surface area (Å²) in [4.78, 5) is 37.3. The van der Waals surface area contributed by atoms with E-state index in [1.54, 1.807) is 13.2 Å². The molecule has 1 saturated carbocycles. The Labute approximate surface area is 118 Å². The molecule has 0 amide bonds. The van der Waals surface area contributed by atoms with Gasteiger partial charge in [-0.3, -0.25) is 14.2 Å². The van der Waals surface area contributed by atoms with Gasteiger partial charge in [0.05, 0.1) is 22.7 Å². The third-order valence-electron chi connectivity index (χ3n) is 3.93. The van der Waals surface area contributed by atoms with Gasteiger partial charge in [0.1, 0.15) is 0 Å². The number of nitrogens with zero attached hydrogens (tertiary/aromatic N) is 1. The van der Waals surface area contributed by atoms with E-state index in [0.717, 1.165) is 0 Å². The molecule has 110 valence electrons. The summed E-state index contributed by atoms with van der Waals surface area (Å²) in [5, 5.41) is 8.99. The minimum absolute atomic E-state index is 0.0618. The minimum Gasteiger partial charge on any atom is -0.478 e. The van der Waals surface area contributed by atoms with E-state index in [9.17, 15) is 14.4 Å². The Kier molecular flexibility index (Phi) is 3.13. The molecule has 21 heavy (non-hydrogen) atoms. The van der Waals surface area contributed by atoms with Crippen LogP contribution in [-0.2, 0) is 4.74 Å². The first-order valence-corrected chi connectivity index (χ1v) is 6.56. The maximum absolute atomic E-state index is 12.1. The van der Waals surface area contributed by atoms with E-state index in [1.807, 2.05) is 0 Å². The maximum Gasteiger partial charge on any atom is 0.335 e. The van der Waals surface area contributed by atoms with Crippen LogP contribution in [0.2, 0.25) is 0 Å². The second kappa shape index (κ2) is 4.85. The summed E-state index contributed by atoms with van der Waals surface area (Å²) in [5.41, 5.74) is -0.424. The van der Waals surface area contributed by atoms with Crippen molar-refractivity contribution in [2.45, 2.75) is 25.0 Å². The molecule has 2 aromatic rings. The number of fused-ring (bicyclic) bond motifs is 1. The second-order valence-corrected chi connectivity index (χ2v) is 5.15. The number of benzene rings is 1. The lowest BCUT2D eigenvalue weighted by Gasteiger charge is -2.35. The molecule has 1 aliphatic rings. The van der Waals surface area contributed by atoms with Gasteiger partial charge in [-0.1, -0.05) is 0 Å². The first-order valence-electron chi connectivity index (χ1n) is 6.56. The van der Waals surface area contributed by atoms with Gasteiger partial charge in [0, 0.05) is 13.2 Å². The van der Waals surface area contributed by atoms with E-state index in [-0.39, 0.29) is 17.7 Å². The van der Waals surface area contributed by atoms with Gasteiger partial charge in [-0.2, -0.15) is 0 Å². The van der Waals surface area contributed by atoms with Crippen LogP contribution in [0.25, 0.3) is 11.0 Å². The van der Waals surface area contributed by atoms with Crippen molar-refractivity contribution in [3.05, 3.63) is 44.5 Å². The molecule has 0 aliphatic heterocycles. The maximum atomic E-state index is 12.1. The van der Waals surface area contributed by atoms with Crippen molar-refractivity contribution in [2.75, 3.05) is 7.11 Å². The Morgan fingerprint density at radius 1 is 1.38 bits per heavy atom. The minimum atomic E-state index is -1.08. The van der Waals surface area contributed by atoms with Crippen molar-refractivity contribution >= 4 is 17.0 Å². The number of carboxylic acid groups (broad SMARTS) is 1. The summed E-state index contributed by atoms with van der Waals surface area (Å²) in [6.07, 6.45) is 1.42. The normalized spacial score (nSPS) is 21.2. The molecular weight excluding hydrogens is 276 g/mol. The number of rotatable bonds is 3. The predicted molar refractivity (Wildman–Crippen MR) is 74.9 cm³/mol. The van der Waals surface area contributed by atoms with Crippen LogP contribution in [0.15, 0.2) is 27.8 Å². The standard InChI is InChI=1S/C14H14N2O5/c1-21-9-5-8(6-9)16-11-3-2-7(14(19)20)4-10(11)15-12(17)13(16)18/h2-4,8-9H,5-6H2,1H3,(H,15,17)(H,19,20). The second-order valence-electron chi connectivity index (χ2n) is 5.15. The average molecular weight is 290 g/mol. The molecule has 0 bridgehead atoms. The molecule has 0 unspecified atom stereocenters. The zero-order valence-electron chi connectivity index (χ0n) is 11.3. The van der Waals surface area contributed by atoms with Crippen molar-refractivity contribution < 1.29 is 14.6 Å². The lowest BCUT2D eigenvalue weighted by Crippen LogP contribution is -2.43. The van der Waals surface area contributed by atoms with E-state index >= 15 is 0 Å². The number of nitrogens with one attached hydrogen (secondary N) is 1. The molecule has 7 nitrogen and oxygen atoms in total. The Balaban J connectivity index is 2.18. The lowest BCUT2D eigenvalue weighted by molar-refractivity contribution is 0.00637. The first kappa shape index (κ1) is 13.6. The molecule has 1 fully saturated rings. The molecule has 0 spiro atoms. The first-order chi connectivity index (χ1) is 10.0. The molecule has 0 saturated heterocycles. The highest BCUT2D eigenvalue weighted by molar-refractivity contribution is 5.92. The molecular formula is C14H14N2O5. The van der Waals surface area contributed by atoms with Gasteiger partial charge in [-0.05, 0) is 31.0 Å². The van der Waals surface area contributed by atoms with Gasteiger partial charge < -0.3 is 14.8 Å². The van der Waals surface area contributed by atoms with E-state index in [2.05, 4.69) is 4.98 Å². The topological polar surface area (TPSA) is 101 Å². The summed E-state index contributed by atoms with van der Waals surface area (Å²) in [7, 11) is 1.61. The zero-order chi connectivity index (χ0) is 15.1. The fourth-order valence-corrected chi connectivity index (χ4v) is 2.68. The number of methoxy groups -OCH3 is 1. The van der Waals surface area contributed by atoms with Crippen LogP contribution in [0, 0.1) is 0 Å². The summed E-state index contributed by atoms with van der Waals surface area (Å²) < 4.78 is 6.63. The molecule has 3 rings (SSSR count). The fourth-order valence-electron chi connectivity index (χ4n) is 2.68. The molecule has 0 radical (unpaired) electrons. The number of hydrogen-bond acceptors (Lipinski definition) is 4. The van der Waals surface area contributed by atoms with Crippen molar-refractivity contribution in [3.8, 4) is 0 Å². The van der Waals surface area contributed by atoms with Gasteiger partial charge in [0.15, 0.2) is 0 Å². The largest absolute Gasteiger partial charge is 0.478 e. The van der Waals surface area contributed by atoms with Crippen molar-refractivity contribution in [3.63, 3.8) is 0 Å². The van der Waals surface area contributed by atoms with Crippen LogP contribution in [-0.4, -0.2) is 33.8 Å². The molecule has 2 N–H and O–H groups in total. The Hall–Kier alpha value is -2.41. The van der Waals surface area contributed by atoms with Crippen LogP contribution in [0.4, 0.5) is 0 Å². The summed E-state index contributed by atoms with van der Waals surface area (Å²) >= 11 is 0. The summed E-state index contributed by atoms with van der Waals surface area (Å²) in [6.45, 7) is 0. The highest BCUT2D eigenvalue weighted by atomic mass is 16.5. The number of aromatic nitrogens is 2. The fraction of sp³-hybridized carbons (Fsp3) is 0.357. The molecule has 1 aromatic heterocycles. The summed E-state index contributed by atoms with van der Waals surface area (Å²) in [5.74, 6) is -1.08. The number of H-pyrrole nitrogens is 1. The van der Waals surface area contributed by atoms with Gasteiger partial charge >= 0.3 is 17.1 Å². The molecule has 1 aliphatic carbocycles. The number of ether oxygens (including phenoxy) is 1. The van der Waals surface area contributed by atoms with Crippen LogP contribution in [0.1, 0.15) is 29.2 Å². The van der Waals surface area contributed by atoms with Crippen molar-refractivity contribution in [1.29, 1.82) is 0 Å². The quantitative estimate of drug-likeness (QED) is 0.812. The lowest BCUT2D eigenvalue weighted by atomic mass is 9.88. The van der Waals surface area contributed by atoms with Crippen LogP contribution in [0.5, 0.6) is 0 Å². The van der Waals surface area contributed by atoms with Crippen LogP contribution >= 0.6 is 0 Å². The zero-order valence-corrected chi connectivity index (χ0v) is 11.3. The van der Waals surface area contributed by atoms with Crippen LogP contribution in [0.3, 0.4) is 0 Å². The number of aromatic carboxylic acids is 1. The SMILES string of the molecule is COC1CC(n2c(=O)c(=O)[nH]c3cc(C(=O)O)ccc32)C1. The number of hydrogen-bond donors (Lipinski definition) is 2. The van der Waals surface area contributed by atoms with Gasteiger partial charge in [-0.25, -0.2) is 4.79 Å². The Bertz CT molecular complexity index is 829. The molecule has 0 atom stereocenters. The molecule has 1 aromatic carbocycles. The number of aromatic amines is 1. The van der Waals surface area contributed by atoms with Crippen LogP contribution < -0.4 is 11.1 Å². The highest BCUT2D eigenvalue weighted by Gasteiger charge is 2.32. The monoisotopic (exact) mass is 290 g/mol. The van der Waals surface area contributed by atoms with Gasteiger partial charge in [0.25, 0.3) is 0 Å². The van der Waals surface area contributed by atoms with E-state index in [1.165, 1.54) is 16.7 Å². The van der Waals surface area contributed by atoms with Crippen molar-refractivity contribution in [1.82, 2.24) is 9.55 Å². The van der Waals surface area contributed by atoms with Gasteiger partial charge in [0.2, 0.25) is 0 Å². The number of carbonyl (C=O) groups is 1. The average Bonchev–Trinajstić information content (AvgIpc) is 2.41. The van der Waals surface area contributed by atoms with E-state index in [4.69, 9.17) is 9.84 Å². The Morgan fingerprint density at radius 2 is 2.10 bits per heavy atom. The molecule has 7 heteroatoms. The van der Waals surface area contributed by atoms with Gasteiger partial charge in [-0.15, -0.1) is 0 Å². The molecule has 1 heterocycles. The third-order valence-corrected chi connectivity index (χ3v) is 3.93. The summed E-state index contributed by atoms with van der Waals surface area (Å²) in [6, 6.07) is 4.24. The Morgan fingerprint density at radius 3 is 2.71 bits per heavy atom. The predicted octanol–water partition coefficient (Wildman–Crippen LogP) is 0.738.